The lowest BCUT2D eigenvalue weighted by Gasteiger charge is -2.30. The summed E-state index contributed by atoms with van der Waals surface area (Å²) in [5.41, 5.74) is 1.80. The van der Waals surface area contributed by atoms with Gasteiger partial charge in [0.15, 0.2) is 11.5 Å². The van der Waals surface area contributed by atoms with Crippen LogP contribution in [0.5, 0.6) is 11.5 Å². The maximum atomic E-state index is 13.7. The van der Waals surface area contributed by atoms with Crippen molar-refractivity contribution in [3.8, 4) is 23.0 Å². The summed E-state index contributed by atoms with van der Waals surface area (Å²) < 4.78 is 44.7. The minimum absolute atomic E-state index is 0.0553. The van der Waals surface area contributed by atoms with Crippen LogP contribution in [-0.4, -0.2) is 39.7 Å². The van der Waals surface area contributed by atoms with Gasteiger partial charge in [0.2, 0.25) is 26.6 Å². The number of nitrogens with zero attached hydrogens (tertiary/aromatic N) is 2. The lowest BCUT2D eigenvalue weighted by Crippen LogP contribution is -2.33. The van der Waals surface area contributed by atoms with Gasteiger partial charge < -0.3 is 18.8 Å². The highest BCUT2D eigenvalue weighted by molar-refractivity contribution is 7.91. The predicted molar refractivity (Wildman–Crippen MR) is 120 cm³/mol. The Kier molecular flexibility index (Phi) is 5.33. The van der Waals surface area contributed by atoms with Gasteiger partial charge in [-0.1, -0.05) is 24.6 Å². The Morgan fingerprint density at radius 1 is 1.00 bits per heavy atom. The third kappa shape index (κ3) is 3.83. The van der Waals surface area contributed by atoms with Crippen LogP contribution in [0.4, 0.5) is 5.88 Å². The van der Waals surface area contributed by atoms with Gasteiger partial charge in [-0.05, 0) is 49.9 Å². The van der Waals surface area contributed by atoms with Gasteiger partial charge in [-0.3, -0.25) is 0 Å². The van der Waals surface area contributed by atoms with E-state index in [1.54, 1.807) is 6.07 Å². The molecule has 0 aliphatic carbocycles. The summed E-state index contributed by atoms with van der Waals surface area (Å²) in [5.74, 6) is 2.18. The Labute approximate surface area is 187 Å². The number of fused-ring (bicyclic) bond motifs is 1. The third-order valence-electron chi connectivity index (χ3n) is 5.99. The zero-order valence-electron chi connectivity index (χ0n) is 18.2. The minimum atomic E-state index is -3.95. The molecule has 2 aliphatic heterocycles. The van der Waals surface area contributed by atoms with Crippen molar-refractivity contribution in [1.82, 2.24) is 4.98 Å². The van der Waals surface area contributed by atoms with E-state index in [-0.39, 0.29) is 9.92 Å². The molecule has 32 heavy (non-hydrogen) atoms. The zero-order chi connectivity index (χ0) is 22.3. The van der Waals surface area contributed by atoms with Crippen LogP contribution in [0.25, 0.3) is 11.5 Å². The van der Waals surface area contributed by atoms with Crippen molar-refractivity contribution in [2.24, 2.45) is 5.92 Å². The maximum Gasteiger partial charge on any atom is 0.236 e. The van der Waals surface area contributed by atoms with E-state index in [0.29, 0.717) is 42.4 Å². The highest BCUT2D eigenvalue weighted by Gasteiger charge is 2.33. The Hall–Kier alpha value is -3.00. The fraction of sp³-hybridized carbons (Fsp3) is 0.375. The van der Waals surface area contributed by atoms with Crippen LogP contribution in [0.15, 0.2) is 56.8 Å². The van der Waals surface area contributed by atoms with Gasteiger partial charge in [-0.15, -0.1) is 0 Å². The van der Waals surface area contributed by atoms with E-state index in [9.17, 15) is 8.42 Å². The van der Waals surface area contributed by atoms with E-state index in [0.717, 1.165) is 37.1 Å². The molecule has 8 heteroatoms. The van der Waals surface area contributed by atoms with E-state index in [2.05, 4.69) is 11.9 Å². The van der Waals surface area contributed by atoms with Gasteiger partial charge in [0.1, 0.15) is 13.2 Å². The molecular formula is C24H26N2O5S. The van der Waals surface area contributed by atoms with Gasteiger partial charge in [-0.2, -0.15) is 4.98 Å². The summed E-state index contributed by atoms with van der Waals surface area (Å²) in [6.45, 7) is 6.48. The number of aryl methyl sites for hydroxylation is 1. The lowest BCUT2D eigenvalue weighted by molar-refractivity contribution is 0.171. The molecule has 0 N–H and O–H groups in total. The average molecular weight is 455 g/mol. The molecule has 2 aliphatic rings. The highest BCUT2D eigenvalue weighted by atomic mass is 32.2. The first-order valence-electron chi connectivity index (χ1n) is 10.9. The van der Waals surface area contributed by atoms with Crippen molar-refractivity contribution < 1.29 is 22.3 Å². The number of rotatable bonds is 4. The molecule has 0 bridgehead atoms. The number of piperidine rings is 1. The first-order chi connectivity index (χ1) is 15.4. The molecule has 5 rings (SSSR count). The van der Waals surface area contributed by atoms with Crippen molar-refractivity contribution >= 4 is 15.7 Å². The summed E-state index contributed by atoms with van der Waals surface area (Å²) in [7, 11) is -3.95. The van der Waals surface area contributed by atoms with E-state index in [1.807, 2.05) is 36.1 Å². The first kappa shape index (κ1) is 20.9. The Balaban J connectivity index is 1.61. The Bertz CT molecular complexity index is 1240. The van der Waals surface area contributed by atoms with Crippen molar-refractivity contribution in [2.75, 3.05) is 31.2 Å². The minimum Gasteiger partial charge on any atom is -0.486 e. The zero-order valence-corrected chi connectivity index (χ0v) is 19.0. The smallest absolute Gasteiger partial charge is 0.236 e. The third-order valence-corrected chi connectivity index (χ3v) is 7.64. The van der Waals surface area contributed by atoms with Gasteiger partial charge in [0.25, 0.3) is 0 Å². The molecule has 2 aromatic carbocycles. The van der Waals surface area contributed by atoms with Gasteiger partial charge in [0.05, 0.1) is 4.90 Å². The summed E-state index contributed by atoms with van der Waals surface area (Å²) in [6, 6.07) is 12.4. The molecule has 0 spiro atoms. The fourth-order valence-corrected chi connectivity index (χ4v) is 5.43. The van der Waals surface area contributed by atoms with Crippen LogP contribution < -0.4 is 14.4 Å². The molecule has 1 saturated heterocycles. The van der Waals surface area contributed by atoms with Crippen LogP contribution in [0.3, 0.4) is 0 Å². The number of oxazole rings is 1. The number of ether oxygens (including phenoxy) is 2. The molecule has 0 saturated carbocycles. The van der Waals surface area contributed by atoms with E-state index >= 15 is 0 Å². The summed E-state index contributed by atoms with van der Waals surface area (Å²) >= 11 is 0. The van der Waals surface area contributed by atoms with E-state index in [4.69, 9.17) is 13.9 Å². The second kappa shape index (κ2) is 8.16. The molecule has 168 valence electrons. The first-order valence-corrected chi connectivity index (χ1v) is 12.4. The van der Waals surface area contributed by atoms with Crippen LogP contribution in [0.2, 0.25) is 0 Å². The normalized spacial score (nSPS) is 16.9. The number of sulfone groups is 1. The van der Waals surface area contributed by atoms with Crippen molar-refractivity contribution in [3.63, 3.8) is 0 Å². The summed E-state index contributed by atoms with van der Waals surface area (Å²) in [4.78, 5) is 6.61. The summed E-state index contributed by atoms with van der Waals surface area (Å²) in [5, 5.41) is -0.0553. The molecule has 1 aromatic heterocycles. The number of benzene rings is 2. The van der Waals surface area contributed by atoms with Gasteiger partial charge in [0, 0.05) is 24.7 Å². The van der Waals surface area contributed by atoms with Crippen LogP contribution in [0, 0.1) is 12.8 Å². The van der Waals surface area contributed by atoms with Crippen molar-refractivity contribution in [1.29, 1.82) is 0 Å². The molecule has 0 atom stereocenters. The number of hydrogen-bond acceptors (Lipinski definition) is 7. The van der Waals surface area contributed by atoms with E-state index in [1.165, 1.54) is 12.1 Å². The molecule has 1 fully saturated rings. The van der Waals surface area contributed by atoms with Gasteiger partial charge >= 0.3 is 0 Å². The standard InChI is InChI=1S/C24H26N2O5S/c1-16-8-10-26(11-9-16)24-23(25-22(31-24)18-5-3-4-17(2)14-18)32(27,28)19-6-7-20-21(15-19)30-13-12-29-20/h3-7,14-16H,8-13H2,1-2H3. The second-order valence-electron chi connectivity index (χ2n) is 8.48. The molecule has 7 nitrogen and oxygen atoms in total. The SMILES string of the molecule is Cc1cccc(-c2nc(S(=O)(=O)c3ccc4c(c3)OCCO4)c(N3CCC(C)CC3)o2)c1. The van der Waals surface area contributed by atoms with Crippen LogP contribution in [0.1, 0.15) is 25.3 Å². The van der Waals surface area contributed by atoms with E-state index < -0.39 is 9.84 Å². The topological polar surface area (TPSA) is 81.9 Å². The van der Waals surface area contributed by atoms with Crippen LogP contribution >= 0.6 is 0 Å². The fourth-order valence-electron chi connectivity index (χ4n) is 4.09. The quantitative estimate of drug-likeness (QED) is 0.574. The molecule has 0 unspecified atom stereocenters. The Morgan fingerprint density at radius 3 is 2.50 bits per heavy atom. The van der Waals surface area contributed by atoms with Crippen molar-refractivity contribution in [2.45, 2.75) is 36.6 Å². The van der Waals surface area contributed by atoms with Gasteiger partial charge in [-0.25, -0.2) is 8.42 Å². The molecule has 0 amide bonds. The highest BCUT2D eigenvalue weighted by Crippen LogP contribution is 2.39. The lowest BCUT2D eigenvalue weighted by atomic mass is 9.99. The maximum absolute atomic E-state index is 13.7. The molecule has 3 heterocycles. The monoisotopic (exact) mass is 454 g/mol. The molecular weight excluding hydrogens is 428 g/mol. The average Bonchev–Trinajstić information content (AvgIpc) is 3.26. The van der Waals surface area contributed by atoms with Crippen LogP contribution in [-0.2, 0) is 9.84 Å². The second-order valence-corrected chi connectivity index (χ2v) is 10.3. The number of anilines is 1. The Morgan fingerprint density at radius 2 is 1.75 bits per heavy atom. The largest absolute Gasteiger partial charge is 0.486 e. The summed E-state index contributed by atoms with van der Waals surface area (Å²) in [6.07, 6.45) is 1.95. The van der Waals surface area contributed by atoms with Crippen molar-refractivity contribution in [3.05, 3.63) is 48.0 Å². The number of hydrogen-bond donors (Lipinski definition) is 0. The predicted octanol–water partition coefficient (Wildman–Crippen LogP) is 4.49. The molecule has 0 radical (unpaired) electrons. The number of aromatic nitrogens is 1. The molecule has 3 aromatic rings.